The van der Waals surface area contributed by atoms with Gasteiger partial charge in [0.2, 0.25) is 0 Å². The molecule has 0 fully saturated rings. The molecule has 2 nitrogen and oxygen atoms in total. The summed E-state index contributed by atoms with van der Waals surface area (Å²) in [5.74, 6) is 0.908. The van der Waals surface area contributed by atoms with E-state index < -0.39 is 9.84 Å². The Morgan fingerprint density at radius 3 is 2.05 bits per heavy atom. The Balaban J connectivity index is 2.33. The van der Waals surface area contributed by atoms with Crippen LogP contribution < -0.4 is 0 Å². The molecule has 0 N–H and O–H groups in total. The lowest BCUT2D eigenvalue weighted by Gasteiger charge is -2.05. The average molecular weight is 317 g/mol. The molecule has 0 amide bonds. The minimum atomic E-state index is -2.98. The van der Waals surface area contributed by atoms with Crippen molar-refractivity contribution in [3.63, 3.8) is 0 Å². The van der Waals surface area contributed by atoms with Crippen LogP contribution >= 0.6 is 11.6 Å². The highest BCUT2D eigenvalue weighted by Gasteiger charge is 2.11. The highest BCUT2D eigenvalue weighted by atomic mass is 35.5. The molecule has 1 aromatic rings. The van der Waals surface area contributed by atoms with Gasteiger partial charge in [-0.1, -0.05) is 63.3 Å². The van der Waals surface area contributed by atoms with Gasteiger partial charge in [0, 0.05) is 5.88 Å². The van der Waals surface area contributed by atoms with Crippen LogP contribution in [0.25, 0.3) is 0 Å². The molecule has 0 aliphatic rings. The molecule has 0 aliphatic heterocycles. The van der Waals surface area contributed by atoms with Crippen LogP contribution in [-0.4, -0.2) is 14.2 Å². The molecule has 1 aromatic carbocycles. The molecular weight excluding hydrogens is 292 g/mol. The van der Waals surface area contributed by atoms with Crippen LogP contribution in [0.15, 0.2) is 24.3 Å². The Labute approximate surface area is 128 Å². The third-order valence-electron chi connectivity index (χ3n) is 3.37. The number of hydrogen-bond donors (Lipinski definition) is 0. The van der Waals surface area contributed by atoms with Crippen molar-refractivity contribution in [2.45, 2.75) is 57.1 Å². The second kappa shape index (κ2) is 9.41. The van der Waals surface area contributed by atoms with Crippen molar-refractivity contribution in [1.29, 1.82) is 0 Å². The monoisotopic (exact) mass is 316 g/mol. The van der Waals surface area contributed by atoms with E-state index in [0.717, 1.165) is 30.4 Å². The first-order valence-corrected chi connectivity index (χ1v) is 9.77. The van der Waals surface area contributed by atoms with E-state index >= 15 is 0 Å². The Morgan fingerprint density at radius 1 is 0.900 bits per heavy atom. The van der Waals surface area contributed by atoms with Crippen LogP contribution in [0.3, 0.4) is 0 Å². The lowest BCUT2D eigenvalue weighted by Crippen LogP contribution is -2.09. The van der Waals surface area contributed by atoms with Gasteiger partial charge in [0.25, 0.3) is 0 Å². The summed E-state index contributed by atoms with van der Waals surface area (Å²) in [4.78, 5) is 0. The number of unbranched alkanes of at least 4 members (excludes halogenated alkanes) is 5. The van der Waals surface area contributed by atoms with Gasteiger partial charge in [-0.2, -0.15) is 0 Å². The van der Waals surface area contributed by atoms with Gasteiger partial charge in [0.1, 0.15) is 0 Å². The van der Waals surface area contributed by atoms with Gasteiger partial charge in [0.15, 0.2) is 9.84 Å². The fourth-order valence-electron chi connectivity index (χ4n) is 2.15. The number of benzene rings is 1. The van der Waals surface area contributed by atoms with Crippen molar-refractivity contribution in [1.82, 2.24) is 0 Å². The largest absolute Gasteiger partial charge is 0.228 e. The molecule has 0 unspecified atom stereocenters. The standard InChI is InChI=1S/C16H25ClO2S/c1-2-3-4-5-6-7-12-20(18,19)14-16-10-8-15(13-17)9-11-16/h8-11H,2-7,12-14H2,1H3. The summed E-state index contributed by atoms with van der Waals surface area (Å²) in [5, 5.41) is 0. The molecule has 4 heteroatoms. The van der Waals surface area contributed by atoms with Crippen molar-refractivity contribution >= 4 is 21.4 Å². The third-order valence-corrected chi connectivity index (χ3v) is 5.37. The Hall–Kier alpha value is -0.540. The molecule has 0 radical (unpaired) electrons. The van der Waals surface area contributed by atoms with Crippen LogP contribution in [0.4, 0.5) is 0 Å². The molecule has 0 saturated heterocycles. The first-order chi connectivity index (χ1) is 9.57. The normalized spacial score (nSPS) is 11.7. The predicted octanol–water partition coefficient (Wildman–Crippen LogP) is 4.70. The molecule has 114 valence electrons. The lowest BCUT2D eigenvalue weighted by molar-refractivity contribution is 0.583. The maximum atomic E-state index is 12.0. The Kier molecular flexibility index (Phi) is 8.24. The summed E-state index contributed by atoms with van der Waals surface area (Å²) < 4.78 is 24.0. The van der Waals surface area contributed by atoms with Gasteiger partial charge in [0.05, 0.1) is 11.5 Å². The minimum absolute atomic E-state index is 0.143. The van der Waals surface area contributed by atoms with Crippen molar-refractivity contribution in [2.24, 2.45) is 0 Å². The SMILES string of the molecule is CCCCCCCCS(=O)(=O)Cc1ccc(CCl)cc1. The van der Waals surface area contributed by atoms with Crippen molar-refractivity contribution in [3.8, 4) is 0 Å². The van der Waals surface area contributed by atoms with Gasteiger partial charge < -0.3 is 0 Å². The topological polar surface area (TPSA) is 34.1 Å². The highest BCUT2D eigenvalue weighted by molar-refractivity contribution is 7.90. The molecule has 20 heavy (non-hydrogen) atoms. The molecule has 0 heterocycles. The van der Waals surface area contributed by atoms with Crippen molar-refractivity contribution in [3.05, 3.63) is 35.4 Å². The molecule has 0 spiro atoms. The molecule has 0 bridgehead atoms. The summed E-state index contributed by atoms with van der Waals surface area (Å²) in [6.07, 6.45) is 6.64. The minimum Gasteiger partial charge on any atom is -0.228 e. The van der Waals surface area contributed by atoms with E-state index in [2.05, 4.69) is 6.92 Å². The zero-order valence-electron chi connectivity index (χ0n) is 12.3. The van der Waals surface area contributed by atoms with E-state index in [0.29, 0.717) is 11.6 Å². The third kappa shape index (κ3) is 7.30. The Morgan fingerprint density at radius 2 is 1.45 bits per heavy atom. The van der Waals surface area contributed by atoms with Gasteiger partial charge >= 0.3 is 0 Å². The van der Waals surface area contributed by atoms with Gasteiger partial charge in [-0.15, -0.1) is 11.6 Å². The summed E-state index contributed by atoms with van der Waals surface area (Å²) in [6, 6.07) is 7.50. The van der Waals surface area contributed by atoms with Gasteiger partial charge in [-0.3, -0.25) is 0 Å². The fourth-order valence-corrected chi connectivity index (χ4v) is 3.82. The number of hydrogen-bond acceptors (Lipinski definition) is 2. The molecule has 1 rings (SSSR count). The van der Waals surface area contributed by atoms with Crippen molar-refractivity contribution in [2.75, 3.05) is 5.75 Å². The molecular formula is C16H25ClO2S. The first kappa shape index (κ1) is 17.5. The highest BCUT2D eigenvalue weighted by Crippen LogP contribution is 2.12. The van der Waals surface area contributed by atoms with Crippen molar-refractivity contribution < 1.29 is 8.42 Å². The summed E-state index contributed by atoms with van der Waals surface area (Å²) in [5.41, 5.74) is 1.87. The van der Waals surface area contributed by atoms with E-state index in [-0.39, 0.29) is 5.75 Å². The van der Waals surface area contributed by atoms with E-state index in [1.165, 1.54) is 19.3 Å². The first-order valence-electron chi connectivity index (χ1n) is 7.41. The zero-order chi connectivity index (χ0) is 14.8. The maximum Gasteiger partial charge on any atom is 0.154 e. The molecule has 0 atom stereocenters. The summed E-state index contributed by atoms with van der Waals surface area (Å²) >= 11 is 5.71. The number of rotatable bonds is 10. The number of alkyl halides is 1. The number of halogens is 1. The second-order valence-corrected chi connectivity index (χ2v) is 7.76. The second-order valence-electron chi connectivity index (χ2n) is 5.31. The lowest BCUT2D eigenvalue weighted by atomic mass is 10.1. The van der Waals surface area contributed by atoms with Crippen LogP contribution in [0.1, 0.15) is 56.6 Å². The van der Waals surface area contributed by atoms with E-state index in [4.69, 9.17) is 11.6 Å². The maximum absolute atomic E-state index is 12.0. The number of sulfone groups is 1. The van der Waals surface area contributed by atoms with E-state index in [1.54, 1.807) is 0 Å². The van der Waals surface area contributed by atoms with Crippen LogP contribution in [0.5, 0.6) is 0 Å². The fraction of sp³-hybridized carbons (Fsp3) is 0.625. The van der Waals surface area contributed by atoms with Crippen LogP contribution in [0.2, 0.25) is 0 Å². The van der Waals surface area contributed by atoms with E-state index in [1.807, 2.05) is 24.3 Å². The predicted molar refractivity (Wildman–Crippen MR) is 86.9 cm³/mol. The Bertz CT molecular complexity index is 466. The zero-order valence-corrected chi connectivity index (χ0v) is 13.8. The smallest absolute Gasteiger partial charge is 0.154 e. The van der Waals surface area contributed by atoms with Gasteiger partial charge in [-0.05, 0) is 17.5 Å². The summed E-state index contributed by atoms with van der Waals surface area (Å²) in [6.45, 7) is 2.18. The van der Waals surface area contributed by atoms with Crippen LogP contribution in [-0.2, 0) is 21.5 Å². The van der Waals surface area contributed by atoms with E-state index in [9.17, 15) is 8.42 Å². The molecule has 0 saturated carbocycles. The quantitative estimate of drug-likeness (QED) is 0.463. The molecule has 0 aromatic heterocycles. The average Bonchev–Trinajstić information content (AvgIpc) is 2.43. The summed E-state index contributed by atoms with van der Waals surface area (Å²) in [7, 11) is -2.98. The molecule has 0 aliphatic carbocycles. The van der Waals surface area contributed by atoms with Crippen LogP contribution in [0, 0.1) is 0 Å². The van der Waals surface area contributed by atoms with Gasteiger partial charge in [-0.25, -0.2) is 8.42 Å².